The van der Waals surface area contributed by atoms with E-state index in [0.717, 1.165) is 0 Å². The Hall–Kier alpha value is -3.40. The first-order valence-electron chi connectivity index (χ1n) is 8.38. The predicted octanol–water partition coefficient (Wildman–Crippen LogP) is 1.31. The van der Waals surface area contributed by atoms with Crippen molar-refractivity contribution in [2.24, 2.45) is 0 Å². The number of esters is 1. The van der Waals surface area contributed by atoms with E-state index in [1.807, 2.05) is 0 Å². The molecule has 1 aromatic carbocycles. The largest absolute Gasteiger partial charge is 0.481 e. The standard InChI is InChI=1S/C18H20N4O6/c1-10(23)22-13(21-22)8-11-6-5-7-12(16(11)17(24)27-4)28-18-19-14(25-2)9-15(20-18)26-3/h5-7,9,13,21H,8H2,1-4H3. The molecule has 1 aliphatic rings. The molecule has 1 atom stereocenters. The van der Waals surface area contributed by atoms with Gasteiger partial charge in [0.05, 0.1) is 27.4 Å². The van der Waals surface area contributed by atoms with Gasteiger partial charge in [-0.3, -0.25) is 9.80 Å². The summed E-state index contributed by atoms with van der Waals surface area (Å²) in [4.78, 5) is 32.0. The van der Waals surface area contributed by atoms with Crippen molar-refractivity contribution >= 4 is 11.9 Å². The van der Waals surface area contributed by atoms with Crippen molar-refractivity contribution in [3.05, 3.63) is 35.4 Å². The zero-order valence-corrected chi connectivity index (χ0v) is 15.9. The van der Waals surface area contributed by atoms with Gasteiger partial charge in [0, 0.05) is 13.3 Å². The minimum Gasteiger partial charge on any atom is -0.481 e. The van der Waals surface area contributed by atoms with Crippen molar-refractivity contribution in [2.75, 3.05) is 21.3 Å². The highest BCUT2D eigenvalue weighted by atomic mass is 16.5. The van der Waals surface area contributed by atoms with E-state index in [-0.39, 0.29) is 41.2 Å². The summed E-state index contributed by atoms with van der Waals surface area (Å²) in [6.07, 6.45) is 0.216. The molecule has 28 heavy (non-hydrogen) atoms. The van der Waals surface area contributed by atoms with E-state index >= 15 is 0 Å². The minimum absolute atomic E-state index is 0.0478. The number of carbonyl (C=O) groups excluding carboxylic acids is 2. The second-order valence-electron chi connectivity index (χ2n) is 5.86. The molecule has 2 aromatic rings. The van der Waals surface area contributed by atoms with E-state index in [1.165, 1.54) is 39.3 Å². The summed E-state index contributed by atoms with van der Waals surface area (Å²) in [6, 6.07) is 6.56. The molecule has 1 amide bonds. The van der Waals surface area contributed by atoms with Gasteiger partial charge in [-0.2, -0.15) is 9.97 Å². The lowest BCUT2D eigenvalue weighted by Crippen LogP contribution is -2.14. The SMILES string of the molecule is COC(=O)c1c(CC2NN2C(C)=O)cccc1Oc1nc(OC)cc(OC)n1. The van der Waals surface area contributed by atoms with Crippen LogP contribution in [0.1, 0.15) is 22.8 Å². The van der Waals surface area contributed by atoms with Gasteiger partial charge in [0.15, 0.2) is 0 Å². The first kappa shape index (κ1) is 19.4. The average Bonchev–Trinajstić information content (AvgIpc) is 3.46. The number of hydrazine groups is 1. The predicted molar refractivity (Wildman–Crippen MR) is 96.1 cm³/mol. The van der Waals surface area contributed by atoms with Gasteiger partial charge < -0.3 is 18.9 Å². The fourth-order valence-electron chi connectivity index (χ4n) is 2.69. The third kappa shape index (κ3) is 4.12. The van der Waals surface area contributed by atoms with E-state index in [1.54, 1.807) is 18.2 Å². The maximum absolute atomic E-state index is 12.4. The van der Waals surface area contributed by atoms with E-state index in [2.05, 4.69) is 15.4 Å². The molecule has 3 rings (SSSR count). The van der Waals surface area contributed by atoms with Crippen molar-refractivity contribution in [1.29, 1.82) is 0 Å². The van der Waals surface area contributed by atoms with Gasteiger partial charge in [-0.05, 0) is 11.6 Å². The molecule has 1 fully saturated rings. The maximum atomic E-state index is 12.4. The smallest absolute Gasteiger partial charge is 0.341 e. The third-order valence-corrected chi connectivity index (χ3v) is 4.06. The number of hydrogen-bond acceptors (Lipinski definition) is 9. The zero-order chi connectivity index (χ0) is 20.3. The van der Waals surface area contributed by atoms with Gasteiger partial charge in [0.2, 0.25) is 17.7 Å². The first-order chi connectivity index (χ1) is 13.5. The van der Waals surface area contributed by atoms with Crippen LogP contribution in [0.15, 0.2) is 24.3 Å². The topological polar surface area (TPSA) is 122 Å². The molecule has 0 aliphatic carbocycles. The number of ether oxygens (including phenoxy) is 4. The van der Waals surface area contributed by atoms with Crippen LogP contribution in [-0.4, -0.2) is 54.3 Å². The summed E-state index contributed by atoms with van der Waals surface area (Å²) in [7, 11) is 4.19. The molecular weight excluding hydrogens is 368 g/mol. The highest BCUT2D eigenvalue weighted by molar-refractivity contribution is 5.94. The maximum Gasteiger partial charge on any atom is 0.341 e. The molecule has 10 heteroatoms. The van der Waals surface area contributed by atoms with Crippen molar-refractivity contribution in [3.8, 4) is 23.5 Å². The molecule has 1 aliphatic heterocycles. The first-order valence-corrected chi connectivity index (χ1v) is 8.38. The van der Waals surface area contributed by atoms with Gasteiger partial charge >= 0.3 is 12.0 Å². The van der Waals surface area contributed by atoms with Crippen LogP contribution in [-0.2, 0) is 16.0 Å². The van der Waals surface area contributed by atoms with Crippen LogP contribution in [0.4, 0.5) is 0 Å². The number of hydrogen-bond donors (Lipinski definition) is 1. The fourth-order valence-corrected chi connectivity index (χ4v) is 2.69. The monoisotopic (exact) mass is 388 g/mol. The number of carbonyl (C=O) groups is 2. The molecule has 0 radical (unpaired) electrons. The van der Waals surface area contributed by atoms with Crippen LogP contribution >= 0.6 is 0 Å². The number of aromatic nitrogens is 2. The van der Waals surface area contributed by atoms with E-state index in [4.69, 9.17) is 18.9 Å². The van der Waals surface area contributed by atoms with Gasteiger partial charge in [-0.15, -0.1) is 0 Å². The molecule has 0 spiro atoms. The third-order valence-electron chi connectivity index (χ3n) is 4.06. The molecule has 1 N–H and O–H groups in total. The van der Waals surface area contributed by atoms with Gasteiger partial charge in [-0.1, -0.05) is 12.1 Å². The Balaban J connectivity index is 1.93. The highest BCUT2D eigenvalue weighted by Crippen LogP contribution is 2.31. The number of amides is 1. The number of nitrogens with one attached hydrogen (secondary N) is 1. The number of methoxy groups -OCH3 is 3. The Labute approximate surface area is 161 Å². The van der Waals surface area contributed by atoms with E-state index < -0.39 is 5.97 Å². The Bertz CT molecular complexity index is 881. The van der Waals surface area contributed by atoms with Gasteiger partial charge in [0.25, 0.3) is 0 Å². The lowest BCUT2D eigenvalue weighted by Gasteiger charge is -2.13. The molecule has 148 valence electrons. The molecule has 1 saturated heterocycles. The molecule has 0 saturated carbocycles. The summed E-state index contributed by atoms with van der Waals surface area (Å²) >= 11 is 0. The highest BCUT2D eigenvalue weighted by Gasteiger charge is 2.37. The lowest BCUT2D eigenvalue weighted by molar-refractivity contribution is -0.124. The second-order valence-corrected chi connectivity index (χ2v) is 5.86. The van der Waals surface area contributed by atoms with Crippen LogP contribution in [0, 0.1) is 0 Å². The van der Waals surface area contributed by atoms with Gasteiger partial charge in [-0.25, -0.2) is 10.2 Å². The Morgan fingerprint density at radius 1 is 1.14 bits per heavy atom. The number of benzene rings is 1. The Kier molecular flexibility index (Phi) is 5.59. The normalized spacial score (nSPS) is 15.0. The summed E-state index contributed by atoms with van der Waals surface area (Å²) in [5.41, 5.74) is 3.82. The van der Waals surface area contributed by atoms with Crippen LogP contribution in [0.25, 0.3) is 0 Å². The Morgan fingerprint density at radius 3 is 2.36 bits per heavy atom. The molecule has 0 bridgehead atoms. The van der Waals surface area contributed by atoms with Crippen molar-refractivity contribution in [3.63, 3.8) is 0 Å². The summed E-state index contributed by atoms with van der Waals surface area (Å²) in [6.45, 7) is 1.46. The van der Waals surface area contributed by atoms with Crippen molar-refractivity contribution in [1.82, 2.24) is 20.4 Å². The average molecular weight is 388 g/mol. The lowest BCUT2D eigenvalue weighted by atomic mass is 10.0. The molecule has 1 unspecified atom stereocenters. The Morgan fingerprint density at radius 2 is 1.82 bits per heavy atom. The summed E-state index contributed by atoms with van der Waals surface area (Å²) < 4.78 is 20.9. The quantitative estimate of drug-likeness (QED) is 0.552. The summed E-state index contributed by atoms with van der Waals surface area (Å²) in [5, 5.41) is 1.48. The summed E-state index contributed by atoms with van der Waals surface area (Å²) in [5.74, 6) is 0.0351. The zero-order valence-electron chi connectivity index (χ0n) is 15.9. The van der Waals surface area contributed by atoms with Crippen LogP contribution in [0.2, 0.25) is 0 Å². The molecular formula is C18H20N4O6. The second kappa shape index (κ2) is 8.09. The van der Waals surface area contributed by atoms with Crippen molar-refractivity contribution < 1.29 is 28.5 Å². The van der Waals surface area contributed by atoms with E-state index in [0.29, 0.717) is 12.0 Å². The molecule has 1 aromatic heterocycles. The van der Waals surface area contributed by atoms with Crippen LogP contribution in [0.3, 0.4) is 0 Å². The number of nitrogens with zero attached hydrogens (tertiary/aromatic N) is 3. The molecule has 2 heterocycles. The fraction of sp³-hybridized carbons (Fsp3) is 0.333. The number of rotatable bonds is 7. The van der Waals surface area contributed by atoms with Crippen LogP contribution in [0.5, 0.6) is 23.5 Å². The van der Waals surface area contributed by atoms with Gasteiger partial charge in [0.1, 0.15) is 17.5 Å². The molecule has 10 nitrogen and oxygen atoms in total. The van der Waals surface area contributed by atoms with Crippen LogP contribution < -0.4 is 19.6 Å². The van der Waals surface area contributed by atoms with E-state index in [9.17, 15) is 9.59 Å². The minimum atomic E-state index is -0.574. The van der Waals surface area contributed by atoms with Crippen molar-refractivity contribution in [2.45, 2.75) is 19.5 Å².